The largest absolute Gasteiger partial charge is 0.453 e. The molecule has 1 aromatic rings. The van der Waals surface area contributed by atoms with Crippen LogP contribution in [0.2, 0.25) is 0 Å². The van der Waals surface area contributed by atoms with Crippen LogP contribution in [-0.2, 0) is 4.74 Å². The molecule has 1 N–H and O–H groups in total. The highest BCUT2D eigenvalue weighted by atomic mass is 127. The minimum atomic E-state index is -0.418. The smallest absolute Gasteiger partial charge is 0.411 e. The maximum absolute atomic E-state index is 11.2. The van der Waals surface area contributed by atoms with Gasteiger partial charge >= 0.3 is 6.09 Å². The molecule has 1 aromatic carbocycles. The molecular weight excluding hydrogens is 341 g/mol. The molecule has 98 valence electrons. The van der Waals surface area contributed by atoms with Gasteiger partial charge in [0, 0.05) is 3.57 Å². The van der Waals surface area contributed by atoms with E-state index in [9.17, 15) is 4.79 Å². The molecule has 0 heterocycles. The molecule has 4 heteroatoms. The summed E-state index contributed by atoms with van der Waals surface area (Å²) >= 11 is 2.26. The third-order valence-corrected chi connectivity index (χ3v) is 4.38. The molecule has 0 spiro atoms. The van der Waals surface area contributed by atoms with Crippen molar-refractivity contribution in [2.45, 2.75) is 38.0 Å². The zero-order chi connectivity index (χ0) is 13.0. The average molecular weight is 359 g/mol. The van der Waals surface area contributed by atoms with E-state index in [0.29, 0.717) is 5.92 Å². The van der Waals surface area contributed by atoms with Crippen LogP contribution in [0.4, 0.5) is 10.5 Å². The molecule has 1 aliphatic rings. The van der Waals surface area contributed by atoms with Gasteiger partial charge in [-0.05, 0) is 59.0 Å². The second kappa shape index (κ2) is 6.41. The molecule has 1 aliphatic carbocycles. The summed E-state index contributed by atoms with van der Waals surface area (Å²) < 4.78 is 5.67. The summed E-state index contributed by atoms with van der Waals surface area (Å²) in [6.45, 7) is 0. The Morgan fingerprint density at radius 2 is 2.06 bits per heavy atom. The van der Waals surface area contributed by atoms with Crippen molar-refractivity contribution in [3.05, 3.63) is 27.3 Å². The van der Waals surface area contributed by atoms with Gasteiger partial charge in [-0.15, -0.1) is 0 Å². The van der Waals surface area contributed by atoms with Gasteiger partial charge in [0.2, 0.25) is 0 Å². The Kier molecular flexibility index (Phi) is 4.86. The van der Waals surface area contributed by atoms with Gasteiger partial charge in [0.05, 0.1) is 12.8 Å². The summed E-state index contributed by atoms with van der Waals surface area (Å²) in [5.41, 5.74) is 2.22. The van der Waals surface area contributed by atoms with Crippen LogP contribution in [-0.4, -0.2) is 13.2 Å². The van der Waals surface area contributed by atoms with Crippen molar-refractivity contribution < 1.29 is 9.53 Å². The number of amides is 1. The van der Waals surface area contributed by atoms with Gasteiger partial charge in [0.1, 0.15) is 0 Å². The van der Waals surface area contributed by atoms with Gasteiger partial charge in [-0.1, -0.05) is 25.3 Å². The number of hydrogen-bond acceptors (Lipinski definition) is 2. The lowest BCUT2D eigenvalue weighted by Gasteiger charge is -2.22. The van der Waals surface area contributed by atoms with Gasteiger partial charge < -0.3 is 4.74 Å². The Morgan fingerprint density at radius 1 is 1.33 bits per heavy atom. The van der Waals surface area contributed by atoms with E-state index in [0.717, 1.165) is 9.26 Å². The van der Waals surface area contributed by atoms with Crippen molar-refractivity contribution in [2.75, 3.05) is 12.4 Å². The molecular formula is C14H18INO2. The number of benzene rings is 1. The number of ether oxygens (including phenoxy) is 1. The third kappa shape index (κ3) is 3.37. The normalized spacial score (nSPS) is 16.3. The number of rotatable bonds is 2. The second-order valence-electron chi connectivity index (χ2n) is 4.69. The highest BCUT2D eigenvalue weighted by molar-refractivity contribution is 14.1. The van der Waals surface area contributed by atoms with Gasteiger partial charge in [-0.2, -0.15) is 0 Å². The molecule has 0 saturated heterocycles. The molecule has 0 atom stereocenters. The molecule has 0 unspecified atom stereocenters. The Balaban J connectivity index is 2.11. The molecule has 2 rings (SSSR count). The average Bonchev–Trinajstić information content (AvgIpc) is 2.42. The molecule has 1 amide bonds. The van der Waals surface area contributed by atoms with Crippen molar-refractivity contribution >= 4 is 34.4 Å². The molecule has 0 bridgehead atoms. The summed E-state index contributed by atoms with van der Waals surface area (Å²) in [4.78, 5) is 11.2. The van der Waals surface area contributed by atoms with Crippen LogP contribution in [0.1, 0.15) is 43.6 Å². The summed E-state index contributed by atoms with van der Waals surface area (Å²) in [5.74, 6) is 0.694. The molecule has 1 saturated carbocycles. The molecule has 1 fully saturated rings. The van der Waals surface area contributed by atoms with Crippen LogP contribution in [0.3, 0.4) is 0 Å². The number of carbonyl (C=O) groups is 1. The fourth-order valence-electron chi connectivity index (χ4n) is 2.48. The number of carbonyl (C=O) groups excluding carboxylic acids is 1. The fraction of sp³-hybridized carbons (Fsp3) is 0.500. The van der Waals surface area contributed by atoms with E-state index in [4.69, 9.17) is 0 Å². The van der Waals surface area contributed by atoms with Crippen LogP contribution in [0.15, 0.2) is 18.2 Å². The Bertz CT molecular complexity index is 428. The first-order chi connectivity index (χ1) is 8.70. The minimum absolute atomic E-state index is 0.418. The minimum Gasteiger partial charge on any atom is -0.453 e. The van der Waals surface area contributed by atoms with Crippen molar-refractivity contribution in [2.24, 2.45) is 0 Å². The molecule has 0 radical (unpaired) electrons. The van der Waals surface area contributed by atoms with E-state index in [1.165, 1.54) is 44.8 Å². The number of nitrogens with one attached hydrogen (secondary N) is 1. The number of halogens is 1. The summed E-state index contributed by atoms with van der Waals surface area (Å²) in [5, 5.41) is 2.72. The number of hydrogen-bond donors (Lipinski definition) is 1. The van der Waals surface area contributed by atoms with E-state index in [1.54, 1.807) is 0 Å². The fourth-order valence-corrected chi connectivity index (χ4v) is 3.16. The Labute approximate surface area is 121 Å². The highest BCUT2D eigenvalue weighted by Crippen LogP contribution is 2.34. The standard InChI is InChI=1S/C14H18INO2/c1-18-14(17)16-13-8-7-11(9-12(13)15)10-5-3-2-4-6-10/h7-10H,2-6H2,1H3,(H,16,17). The first kappa shape index (κ1) is 13.6. The van der Waals surface area contributed by atoms with E-state index in [1.807, 2.05) is 6.07 Å². The lowest BCUT2D eigenvalue weighted by Crippen LogP contribution is -2.12. The van der Waals surface area contributed by atoms with Gasteiger partial charge in [0.15, 0.2) is 0 Å². The first-order valence-electron chi connectivity index (χ1n) is 6.35. The maximum atomic E-state index is 11.2. The van der Waals surface area contributed by atoms with E-state index in [-0.39, 0.29) is 0 Å². The summed E-state index contributed by atoms with van der Waals surface area (Å²) in [7, 11) is 1.37. The predicted molar refractivity (Wildman–Crippen MR) is 81.0 cm³/mol. The maximum Gasteiger partial charge on any atom is 0.411 e. The summed E-state index contributed by atoms with van der Waals surface area (Å²) in [6, 6.07) is 6.29. The summed E-state index contributed by atoms with van der Waals surface area (Å²) in [6.07, 6.45) is 6.21. The lowest BCUT2D eigenvalue weighted by molar-refractivity contribution is 0.187. The quantitative estimate of drug-likeness (QED) is 0.789. The van der Waals surface area contributed by atoms with E-state index >= 15 is 0 Å². The van der Waals surface area contributed by atoms with E-state index < -0.39 is 6.09 Å². The van der Waals surface area contributed by atoms with Crippen LogP contribution >= 0.6 is 22.6 Å². The van der Waals surface area contributed by atoms with Gasteiger partial charge in [-0.25, -0.2) is 4.79 Å². The van der Waals surface area contributed by atoms with Crippen molar-refractivity contribution in [1.29, 1.82) is 0 Å². The topological polar surface area (TPSA) is 38.3 Å². The van der Waals surface area contributed by atoms with Crippen molar-refractivity contribution in [3.63, 3.8) is 0 Å². The predicted octanol–water partition coefficient (Wildman–Crippen LogP) is 4.52. The highest BCUT2D eigenvalue weighted by Gasteiger charge is 2.16. The Hall–Kier alpha value is -0.780. The van der Waals surface area contributed by atoms with E-state index in [2.05, 4.69) is 44.8 Å². The van der Waals surface area contributed by atoms with Crippen LogP contribution in [0.25, 0.3) is 0 Å². The van der Waals surface area contributed by atoms with Crippen molar-refractivity contribution in [3.8, 4) is 0 Å². The Morgan fingerprint density at radius 3 is 2.67 bits per heavy atom. The van der Waals surface area contributed by atoms with Gasteiger partial charge in [0.25, 0.3) is 0 Å². The molecule has 18 heavy (non-hydrogen) atoms. The second-order valence-corrected chi connectivity index (χ2v) is 5.85. The molecule has 3 nitrogen and oxygen atoms in total. The van der Waals surface area contributed by atoms with Gasteiger partial charge in [-0.3, -0.25) is 5.32 Å². The zero-order valence-corrected chi connectivity index (χ0v) is 12.7. The SMILES string of the molecule is COC(=O)Nc1ccc(C2CCCCC2)cc1I. The van der Waals surface area contributed by atoms with Crippen LogP contribution in [0.5, 0.6) is 0 Å². The number of anilines is 1. The zero-order valence-electron chi connectivity index (χ0n) is 10.5. The first-order valence-corrected chi connectivity index (χ1v) is 7.43. The lowest BCUT2D eigenvalue weighted by atomic mass is 9.84. The number of methoxy groups -OCH3 is 1. The third-order valence-electron chi connectivity index (χ3n) is 3.49. The van der Waals surface area contributed by atoms with Crippen LogP contribution in [0, 0.1) is 3.57 Å². The van der Waals surface area contributed by atoms with Crippen molar-refractivity contribution in [1.82, 2.24) is 0 Å². The molecule has 0 aliphatic heterocycles. The monoisotopic (exact) mass is 359 g/mol. The molecule has 0 aromatic heterocycles. The van der Waals surface area contributed by atoms with Crippen LogP contribution < -0.4 is 5.32 Å².